The number of fused-ring (bicyclic) bond motifs is 1. The minimum Gasteiger partial charge on any atom is -0.269 e. The van der Waals surface area contributed by atoms with E-state index in [9.17, 15) is 39.6 Å². The number of sulfonamides is 1. The third-order valence-corrected chi connectivity index (χ3v) is 10.6. The van der Waals surface area contributed by atoms with Crippen molar-refractivity contribution in [1.29, 1.82) is 0 Å². The normalized spacial score (nSPS) is 15.4. The number of benzene rings is 4. The summed E-state index contributed by atoms with van der Waals surface area (Å²) < 4.78 is 109. The van der Waals surface area contributed by atoms with Crippen molar-refractivity contribution in [2.75, 3.05) is 5.75 Å². The van der Waals surface area contributed by atoms with E-state index < -0.39 is 45.5 Å². The number of nitrogens with zero attached hydrogens (tertiary/aromatic N) is 2. The quantitative estimate of drug-likeness (QED) is 0.169. The van der Waals surface area contributed by atoms with Crippen LogP contribution in [0.15, 0.2) is 107 Å². The molecule has 5 aromatic rings. The number of rotatable bonds is 7. The van der Waals surface area contributed by atoms with Crippen LogP contribution in [-0.4, -0.2) is 30.1 Å². The molecule has 0 saturated carbocycles. The van der Waals surface area contributed by atoms with Crippen molar-refractivity contribution in [3.63, 3.8) is 0 Å². The van der Waals surface area contributed by atoms with Crippen LogP contribution in [0.1, 0.15) is 64.0 Å². The highest BCUT2D eigenvalue weighted by Gasteiger charge is 2.37. The Morgan fingerprint density at radius 2 is 1.48 bits per heavy atom. The van der Waals surface area contributed by atoms with Crippen molar-refractivity contribution in [2.45, 2.75) is 43.1 Å². The largest absolute Gasteiger partial charge is 0.416 e. The molecule has 6 rings (SSSR count). The number of aliphatic imine (C=N–C) groups is 1. The van der Waals surface area contributed by atoms with Gasteiger partial charge in [-0.15, -0.1) is 11.8 Å². The van der Waals surface area contributed by atoms with Crippen molar-refractivity contribution < 1.29 is 39.6 Å². The lowest BCUT2D eigenvalue weighted by Gasteiger charge is -2.14. The van der Waals surface area contributed by atoms with Crippen molar-refractivity contribution in [3.8, 4) is 11.3 Å². The van der Waals surface area contributed by atoms with Gasteiger partial charge in [-0.3, -0.25) is 9.79 Å². The number of aromatic nitrogens is 1. The number of alkyl halides is 6. The summed E-state index contributed by atoms with van der Waals surface area (Å²) in [5.74, 6) is -0.133. The first-order chi connectivity index (χ1) is 23.5. The molecule has 0 fully saturated rings. The maximum atomic E-state index is 13.4. The predicted molar refractivity (Wildman–Crippen MR) is 181 cm³/mol. The second kappa shape index (κ2) is 13.2. The van der Waals surface area contributed by atoms with Gasteiger partial charge in [0.05, 0.1) is 38.3 Å². The first kappa shape index (κ1) is 35.1. The van der Waals surface area contributed by atoms with Crippen molar-refractivity contribution in [1.82, 2.24) is 9.71 Å². The third kappa shape index (κ3) is 7.41. The second-order valence-corrected chi connectivity index (χ2v) is 14.6. The van der Waals surface area contributed by atoms with Crippen LogP contribution in [0.25, 0.3) is 22.2 Å². The number of nitrogens with one attached hydrogen (secondary N) is 1. The summed E-state index contributed by atoms with van der Waals surface area (Å²) in [5.41, 5.74) is -0.557. The smallest absolute Gasteiger partial charge is 0.269 e. The molecule has 0 radical (unpaired) electrons. The standard InChI is InChI=1S/C36H27F6N3O3S2/c1-20(2)21-7-11-27(12-8-21)50(47,48)45-33(46)29-6-4-3-5-28(29)32-19-49-34(44-32)23-10-14-30-22(15-23)9-13-31(43-30)24-16-25(35(37,38)39)18-26(17-24)36(40,41)42/h3-18,20,32H,19H2,1-2H3,(H,45,46). The fraction of sp³-hybridized carbons (Fsp3) is 0.194. The summed E-state index contributed by atoms with van der Waals surface area (Å²) in [7, 11) is -4.15. The van der Waals surface area contributed by atoms with Gasteiger partial charge >= 0.3 is 12.4 Å². The van der Waals surface area contributed by atoms with E-state index >= 15 is 0 Å². The molecule has 14 heteroatoms. The fourth-order valence-electron chi connectivity index (χ4n) is 5.48. The Labute approximate surface area is 287 Å². The van der Waals surface area contributed by atoms with E-state index in [0.717, 1.165) is 5.56 Å². The molecule has 50 heavy (non-hydrogen) atoms. The van der Waals surface area contributed by atoms with Gasteiger partial charge in [-0.05, 0) is 71.6 Å². The average molecular weight is 728 g/mol. The molecular formula is C36H27F6N3O3S2. The monoisotopic (exact) mass is 727 g/mol. The van der Waals surface area contributed by atoms with Gasteiger partial charge in [-0.2, -0.15) is 26.3 Å². The molecule has 0 aliphatic carbocycles. The molecule has 1 amide bonds. The molecule has 1 aromatic heterocycles. The maximum absolute atomic E-state index is 13.4. The van der Waals surface area contributed by atoms with Crippen molar-refractivity contribution >= 4 is 43.6 Å². The number of carbonyl (C=O) groups excluding carboxylic acids is 1. The van der Waals surface area contributed by atoms with Gasteiger partial charge in [0, 0.05) is 27.8 Å². The minimum absolute atomic E-state index is 0.0386. The Hall–Kier alpha value is -4.69. The Morgan fingerprint density at radius 1 is 0.820 bits per heavy atom. The number of pyridine rings is 1. The molecule has 6 nitrogen and oxygen atoms in total. The van der Waals surface area contributed by atoms with Gasteiger partial charge < -0.3 is 0 Å². The van der Waals surface area contributed by atoms with E-state index in [0.29, 0.717) is 45.0 Å². The maximum Gasteiger partial charge on any atom is 0.416 e. The summed E-state index contributed by atoms with van der Waals surface area (Å²) >= 11 is 1.42. The Bertz CT molecular complexity index is 2220. The zero-order chi connectivity index (χ0) is 36.0. The molecule has 258 valence electrons. The molecule has 4 aromatic carbocycles. The zero-order valence-corrected chi connectivity index (χ0v) is 27.9. The van der Waals surface area contributed by atoms with E-state index in [-0.39, 0.29) is 33.7 Å². The van der Waals surface area contributed by atoms with Crippen LogP contribution in [0, 0.1) is 0 Å². The summed E-state index contributed by atoms with van der Waals surface area (Å²) in [6.45, 7) is 3.97. The summed E-state index contributed by atoms with van der Waals surface area (Å²) in [5, 5.41) is 1.20. The zero-order valence-electron chi connectivity index (χ0n) is 26.3. The molecule has 0 bridgehead atoms. The van der Waals surface area contributed by atoms with Crippen LogP contribution in [0.4, 0.5) is 26.3 Å². The number of halogens is 6. The van der Waals surface area contributed by atoms with Crippen LogP contribution in [0.3, 0.4) is 0 Å². The molecule has 1 aliphatic heterocycles. The first-order valence-corrected chi connectivity index (χ1v) is 17.6. The Balaban J connectivity index is 1.25. The summed E-state index contributed by atoms with van der Waals surface area (Å²) in [4.78, 5) is 22.4. The average Bonchev–Trinajstić information content (AvgIpc) is 3.57. The summed E-state index contributed by atoms with van der Waals surface area (Å²) in [6, 6.07) is 21.7. The lowest BCUT2D eigenvalue weighted by Crippen LogP contribution is -2.31. The van der Waals surface area contributed by atoms with Crippen LogP contribution in [0.5, 0.6) is 0 Å². The van der Waals surface area contributed by atoms with Crippen LogP contribution >= 0.6 is 11.8 Å². The Kier molecular flexibility index (Phi) is 9.29. The number of thioether (sulfide) groups is 1. The predicted octanol–water partition coefficient (Wildman–Crippen LogP) is 9.42. The van der Waals surface area contributed by atoms with E-state index in [1.54, 1.807) is 54.6 Å². The molecule has 0 saturated heterocycles. The van der Waals surface area contributed by atoms with Gasteiger partial charge in [0.25, 0.3) is 15.9 Å². The van der Waals surface area contributed by atoms with Crippen LogP contribution in [0.2, 0.25) is 0 Å². The second-order valence-electron chi connectivity index (χ2n) is 11.9. The number of hydrogen-bond acceptors (Lipinski definition) is 6. The van der Waals surface area contributed by atoms with Crippen molar-refractivity contribution in [3.05, 3.63) is 130 Å². The highest BCUT2D eigenvalue weighted by molar-refractivity contribution is 8.14. The molecule has 1 atom stereocenters. The number of amides is 1. The molecule has 1 unspecified atom stereocenters. The number of hydrogen-bond donors (Lipinski definition) is 1. The van der Waals surface area contributed by atoms with E-state index in [1.807, 2.05) is 13.8 Å². The minimum atomic E-state index is -4.98. The van der Waals surface area contributed by atoms with E-state index in [4.69, 9.17) is 4.99 Å². The van der Waals surface area contributed by atoms with Gasteiger partial charge in [-0.25, -0.2) is 18.1 Å². The van der Waals surface area contributed by atoms with Crippen LogP contribution in [-0.2, 0) is 22.4 Å². The lowest BCUT2D eigenvalue weighted by molar-refractivity contribution is -0.143. The SMILES string of the molecule is CC(C)c1ccc(S(=O)(=O)NC(=O)c2ccccc2C2CSC(c3ccc4nc(-c5cc(C(F)(F)F)cc(C(F)(F)F)c5)ccc4c3)=N2)cc1. The van der Waals surface area contributed by atoms with E-state index in [2.05, 4.69) is 9.71 Å². The van der Waals surface area contributed by atoms with Crippen LogP contribution < -0.4 is 4.72 Å². The lowest BCUT2D eigenvalue weighted by atomic mass is 10.0. The molecule has 1 aliphatic rings. The Morgan fingerprint density at radius 3 is 2.12 bits per heavy atom. The van der Waals surface area contributed by atoms with Crippen molar-refractivity contribution in [2.24, 2.45) is 4.99 Å². The molecule has 0 spiro atoms. The first-order valence-electron chi connectivity index (χ1n) is 15.2. The summed E-state index contributed by atoms with van der Waals surface area (Å²) in [6.07, 6.45) is -9.97. The fourth-order valence-corrected chi connectivity index (χ4v) is 7.51. The van der Waals surface area contributed by atoms with Gasteiger partial charge in [0.2, 0.25) is 0 Å². The van der Waals surface area contributed by atoms with Gasteiger partial charge in [0.1, 0.15) is 0 Å². The highest BCUT2D eigenvalue weighted by Crippen LogP contribution is 2.39. The van der Waals surface area contributed by atoms with Gasteiger partial charge in [-0.1, -0.05) is 56.3 Å². The molecular weight excluding hydrogens is 701 g/mol. The molecule has 1 N–H and O–H groups in total. The van der Waals surface area contributed by atoms with E-state index in [1.165, 1.54) is 36.0 Å². The van der Waals surface area contributed by atoms with Gasteiger partial charge in [0.15, 0.2) is 0 Å². The topological polar surface area (TPSA) is 88.5 Å². The third-order valence-electron chi connectivity index (χ3n) is 8.12. The molecule has 2 heterocycles. The highest BCUT2D eigenvalue weighted by atomic mass is 32.2. The number of carbonyl (C=O) groups is 1.